The maximum Gasteiger partial charge on any atom is 0.288 e. The summed E-state index contributed by atoms with van der Waals surface area (Å²) in [6, 6.07) is 19.5. The molecule has 0 bridgehead atoms. The van der Waals surface area contributed by atoms with Crippen LogP contribution in [0.25, 0.3) is 10.9 Å². The van der Waals surface area contributed by atoms with Gasteiger partial charge in [0.25, 0.3) is 6.33 Å². The van der Waals surface area contributed by atoms with Gasteiger partial charge in [-0.25, -0.2) is 4.57 Å². The lowest BCUT2D eigenvalue weighted by atomic mass is 10.0. The Morgan fingerprint density at radius 1 is 1.05 bits per heavy atom. The predicted octanol–water partition coefficient (Wildman–Crippen LogP) is 4.02. The van der Waals surface area contributed by atoms with Gasteiger partial charge in [-0.15, -0.1) is 0 Å². The van der Waals surface area contributed by atoms with E-state index >= 15 is 0 Å². The zero-order valence-electron chi connectivity index (χ0n) is 11.3. The second-order valence-electron chi connectivity index (χ2n) is 5.16. The van der Waals surface area contributed by atoms with E-state index in [-0.39, 0.29) is 0 Å². The third kappa shape index (κ3) is 2.34. The van der Waals surface area contributed by atoms with Crippen molar-refractivity contribution in [2.45, 2.75) is 15.0 Å². The van der Waals surface area contributed by atoms with Crippen molar-refractivity contribution in [3.8, 4) is 0 Å². The second kappa shape index (κ2) is 5.57. The van der Waals surface area contributed by atoms with Gasteiger partial charge in [0, 0.05) is 5.75 Å². The number of thioether (sulfide) groups is 1. The van der Waals surface area contributed by atoms with Crippen molar-refractivity contribution >= 4 is 45.3 Å². The predicted molar refractivity (Wildman–Crippen MR) is 95.1 cm³/mol. The Labute approximate surface area is 141 Å². The zero-order valence-corrected chi connectivity index (χ0v) is 14.3. The Hall–Kier alpha value is -1.14. The number of hydrogen-bond acceptors (Lipinski definition) is 2. The van der Waals surface area contributed by atoms with Gasteiger partial charge in [-0.1, -0.05) is 76.8 Å². The van der Waals surface area contributed by atoms with Crippen LogP contribution in [0.2, 0.25) is 0 Å². The van der Waals surface area contributed by atoms with Gasteiger partial charge in [-0.2, -0.15) is 0 Å². The van der Waals surface area contributed by atoms with Crippen LogP contribution in [0.5, 0.6) is 0 Å². The van der Waals surface area contributed by atoms with Crippen molar-refractivity contribution in [3.05, 3.63) is 66.5 Å². The van der Waals surface area contributed by atoms with E-state index in [4.69, 9.17) is 0 Å². The fourth-order valence-corrected chi connectivity index (χ4v) is 5.32. The Bertz CT molecular complexity index is 791. The van der Waals surface area contributed by atoms with Gasteiger partial charge in [0.15, 0.2) is 10.5 Å². The summed E-state index contributed by atoms with van der Waals surface area (Å²) in [5.41, 5.74) is 2.44. The van der Waals surface area contributed by atoms with E-state index in [1.54, 1.807) is 0 Å². The number of alkyl halides is 1. The number of aromatic nitrogens is 2. The van der Waals surface area contributed by atoms with Gasteiger partial charge in [-0.05, 0) is 22.7 Å². The molecule has 0 aliphatic carbocycles. The summed E-state index contributed by atoms with van der Waals surface area (Å²) in [6.07, 6.45) is 2.01. The topological polar surface area (TPSA) is 16.8 Å². The third-order valence-corrected chi connectivity index (χ3v) is 6.80. The molecule has 21 heavy (non-hydrogen) atoms. The molecule has 0 amide bonds. The van der Waals surface area contributed by atoms with Crippen LogP contribution in [0.1, 0.15) is 11.6 Å². The molecule has 1 aromatic heterocycles. The van der Waals surface area contributed by atoms with Crippen LogP contribution in [-0.2, 0) is 0 Å². The number of rotatable bonds is 1. The minimum atomic E-state index is 0.361. The van der Waals surface area contributed by atoms with Crippen LogP contribution < -0.4 is 4.57 Å². The number of fused-ring (bicyclic) bond motifs is 3. The highest BCUT2D eigenvalue weighted by Gasteiger charge is 2.34. The number of para-hydroxylation sites is 1. The summed E-state index contributed by atoms with van der Waals surface area (Å²) >= 11 is 4.51. The highest BCUT2D eigenvalue weighted by atomic mass is 127. The molecular formula is C17H14IN2S+. The molecular weight excluding hydrogens is 391 g/mol. The summed E-state index contributed by atoms with van der Waals surface area (Å²) in [5, 5.41) is 2.59. The van der Waals surface area contributed by atoms with E-state index in [2.05, 4.69) is 86.7 Å². The van der Waals surface area contributed by atoms with Gasteiger partial charge < -0.3 is 0 Å². The quantitative estimate of drug-likeness (QED) is 0.263. The molecule has 0 saturated carbocycles. The summed E-state index contributed by atoms with van der Waals surface area (Å²) in [5.74, 6) is 1.13. The molecule has 0 fully saturated rings. The van der Waals surface area contributed by atoms with Crippen LogP contribution >= 0.6 is 34.4 Å². The SMILES string of the molecule is IC1CSc2c3ccccc3nc[n+]2C1c1ccccc1. The van der Waals surface area contributed by atoms with Gasteiger partial charge in [0.2, 0.25) is 0 Å². The maximum absolute atomic E-state index is 4.65. The fourth-order valence-electron chi connectivity index (χ4n) is 2.88. The van der Waals surface area contributed by atoms with Crippen molar-refractivity contribution < 1.29 is 4.57 Å². The molecule has 0 saturated heterocycles. The number of hydrogen-bond donors (Lipinski definition) is 0. The molecule has 2 aromatic carbocycles. The van der Waals surface area contributed by atoms with Crippen LogP contribution in [0.15, 0.2) is 66.0 Å². The Morgan fingerprint density at radius 2 is 1.81 bits per heavy atom. The first-order valence-corrected chi connectivity index (χ1v) is 9.18. The van der Waals surface area contributed by atoms with Crippen LogP contribution in [0, 0.1) is 0 Å². The van der Waals surface area contributed by atoms with E-state index in [1.165, 1.54) is 16.0 Å². The minimum absolute atomic E-state index is 0.361. The summed E-state index contributed by atoms with van der Waals surface area (Å²) in [7, 11) is 0. The van der Waals surface area contributed by atoms with Gasteiger partial charge >= 0.3 is 0 Å². The second-order valence-corrected chi connectivity index (χ2v) is 7.77. The Kier molecular flexibility index (Phi) is 3.59. The van der Waals surface area contributed by atoms with Gasteiger partial charge in [0.05, 0.1) is 9.31 Å². The summed E-state index contributed by atoms with van der Waals surface area (Å²) < 4.78 is 2.92. The molecule has 2 heterocycles. The highest BCUT2D eigenvalue weighted by Crippen LogP contribution is 2.36. The first kappa shape index (κ1) is 13.5. The Morgan fingerprint density at radius 3 is 2.67 bits per heavy atom. The third-order valence-electron chi connectivity index (χ3n) is 3.85. The molecule has 1 aliphatic rings. The van der Waals surface area contributed by atoms with E-state index in [0.29, 0.717) is 9.97 Å². The van der Waals surface area contributed by atoms with Crippen molar-refractivity contribution in [1.29, 1.82) is 0 Å². The van der Waals surface area contributed by atoms with Gasteiger partial charge in [0.1, 0.15) is 6.04 Å². The molecule has 104 valence electrons. The fraction of sp³-hybridized carbons (Fsp3) is 0.176. The molecule has 2 nitrogen and oxygen atoms in total. The summed E-state index contributed by atoms with van der Waals surface area (Å²) in [6.45, 7) is 0. The molecule has 4 rings (SSSR count). The monoisotopic (exact) mass is 405 g/mol. The first-order chi connectivity index (χ1) is 10.3. The molecule has 1 aliphatic heterocycles. The molecule has 2 atom stereocenters. The number of nitrogens with zero attached hydrogens (tertiary/aromatic N) is 2. The maximum atomic E-state index is 4.65. The lowest BCUT2D eigenvalue weighted by molar-refractivity contribution is -0.749. The van der Waals surface area contributed by atoms with Gasteiger partial charge in [-0.3, -0.25) is 0 Å². The van der Waals surface area contributed by atoms with E-state index in [1.807, 2.05) is 18.1 Å². The van der Waals surface area contributed by atoms with E-state index in [0.717, 1.165) is 11.3 Å². The molecule has 0 radical (unpaired) electrons. The Balaban J connectivity index is 1.94. The minimum Gasteiger partial charge on any atom is -0.216 e. The standard InChI is InChI=1S/C17H14IN2S/c18-14-10-21-17-13-8-4-5-9-15(13)19-11-20(17)16(14)12-6-2-1-3-7-12/h1-9,11,14,16H,10H2/q+1. The average molecular weight is 405 g/mol. The number of benzene rings is 2. The molecule has 2 unspecified atom stereocenters. The van der Waals surface area contributed by atoms with Crippen molar-refractivity contribution in [2.75, 3.05) is 5.75 Å². The highest BCUT2D eigenvalue weighted by molar-refractivity contribution is 14.1. The van der Waals surface area contributed by atoms with Crippen LogP contribution in [0.3, 0.4) is 0 Å². The number of halogens is 1. The smallest absolute Gasteiger partial charge is 0.216 e. The van der Waals surface area contributed by atoms with Crippen LogP contribution in [0.4, 0.5) is 0 Å². The molecule has 4 heteroatoms. The van der Waals surface area contributed by atoms with Crippen LogP contribution in [-0.4, -0.2) is 14.7 Å². The van der Waals surface area contributed by atoms with Crippen molar-refractivity contribution in [1.82, 2.24) is 4.98 Å². The molecule has 0 spiro atoms. The molecule has 3 aromatic rings. The molecule has 0 N–H and O–H groups in total. The average Bonchev–Trinajstić information content (AvgIpc) is 2.55. The lowest BCUT2D eigenvalue weighted by Gasteiger charge is -2.27. The normalized spacial score (nSPS) is 21.2. The summed E-state index contributed by atoms with van der Waals surface area (Å²) in [4.78, 5) is 4.65. The zero-order chi connectivity index (χ0) is 14.2. The van der Waals surface area contributed by atoms with Crippen molar-refractivity contribution in [2.24, 2.45) is 0 Å². The first-order valence-electron chi connectivity index (χ1n) is 6.95. The largest absolute Gasteiger partial charge is 0.288 e. The van der Waals surface area contributed by atoms with E-state index < -0.39 is 0 Å². The van der Waals surface area contributed by atoms with Crippen molar-refractivity contribution in [3.63, 3.8) is 0 Å². The van der Waals surface area contributed by atoms with E-state index in [9.17, 15) is 0 Å². The lowest BCUT2D eigenvalue weighted by Crippen LogP contribution is -2.50.